The summed E-state index contributed by atoms with van der Waals surface area (Å²) in [5.41, 5.74) is 2.25. The van der Waals surface area contributed by atoms with Crippen LogP contribution in [0.3, 0.4) is 0 Å². The highest BCUT2D eigenvalue weighted by Gasteiger charge is 2.14. The van der Waals surface area contributed by atoms with Gasteiger partial charge in [0.25, 0.3) is 0 Å². The Morgan fingerprint density at radius 3 is 2.25 bits per heavy atom. The van der Waals surface area contributed by atoms with Crippen molar-refractivity contribution in [3.05, 3.63) is 60.7 Å². The maximum absolute atomic E-state index is 5.66. The predicted octanol–water partition coefficient (Wildman–Crippen LogP) is 4.31. The van der Waals surface area contributed by atoms with Crippen molar-refractivity contribution >= 4 is 10.8 Å². The van der Waals surface area contributed by atoms with Gasteiger partial charge < -0.3 is 9.47 Å². The van der Waals surface area contributed by atoms with Gasteiger partial charge in [0.2, 0.25) is 0 Å². The number of ether oxygens (including phenoxy) is 2. The molecule has 2 heteroatoms. The standard InChI is InChI=1S/C18H20O2/c1-5-7-14-10-9-13-11-12-16(19-3)15(8-6-2)17(13)18(14)20-4/h5-6,9-12H,1-2,7-8H2,3-4H3. The lowest BCUT2D eigenvalue weighted by Crippen LogP contribution is -1.98. The summed E-state index contributed by atoms with van der Waals surface area (Å²) in [6, 6.07) is 8.25. The second kappa shape index (κ2) is 6.29. The molecule has 0 bridgehead atoms. The Bertz CT molecular complexity index is 641. The van der Waals surface area contributed by atoms with Gasteiger partial charge in [-0.25, -0.2) is 0 Å². The van der Waals surface area contributed by atoms with E-state index in [1.165, 1.54) is 0 Å². The zero-order valence-corrected chi connectivity index (χ0v) is 12.1. The van der Waals surface area contributed by atoms with Gasteiger partial charge in [-0.3, -0.25) is 0 Å². The maximum Gasteiger partial charge on any atom is 0.130 e. The molecule has 0 N–H and O–H groups in total. The van der Waals surface area contributed by atoms with Crippen LogP contribution < -0.4 is 9.47 Å². The number of fused-ring (bicyclic) bond motifs is 1. The lowest BCUT2D eigenvalue weighted by atomic mass is 9.96. The van der Waals surface area contributed by atoms with E-state index in [1.807, 2.05) is 18.2 Å². The summed E-state index contributed by atoms with van der Waals surface area (Å²) in [7, 11) is 3.40. The lowest BCUT2D eigenvalue weighted by Gasteiger charge is -2.16. The van der Waals surface area contributed by atoms with E-state index in [2.05, 4.69) is 31.4 Å². The zero-order chi connectivity index (χ0) is 14.5. The molecule has 0 aromatic heterocycles. The van der Waals surface area contributed by atoms with Gasteiger partial charge in [0, 0.05) is 10.9 Å². The van der Waals surface area contributed by atoms with Gasteiger partial charge in [0.15, 0.2) is 0 Å². The Labute approximate surface area is 120 Å². The molecule has 0 heterocycles. The van der Waals surface area contributed by atoms with Crippen LogP contribution in [0.4, 0.5) is 0 Å². The van der Waals surface area contributed by atoms with Crippen LogP contribution in [0.5, 0.6) is 11.5 Å². The van der Waals surface area contributed by atoms with Crippen molar-refractivity contribution in [2.75, 3.05) is 14.2 Å². The molecule has 0 amide bonds. The number of hydrogen-bond donors (Lipinski definition) is 0. The summed E-state index contributed by atoms with van der Waals surface area (Å²) < 4.78 is 11.1. The third-order valence-corrected chi connectivity index (χ3v) is 3.42. The Morgan fingerprint density at radius 2 is 1.65 bits per heavy atom. The number of benzene rings is 2. The molecule has 20 heavy (non-hydrogen) atoms. The van der Waals surface area contributed by atoms with E-state index in [4.69, 9.17) is 9.47 Å². The van der Waals surface area contributed by atoms with Crippen molar-refractivity contribution < 1.29 is 9.47 Å². The normalized spacial score (nSPS) is 10.3. The number of hydrogen-bond acceptors (Lipinski definition) is 2. The van der Waals surface area contributed by atoms with Crippen molar-refractivity contribution in [2.45, 2.75) is 12.8 Å². The van der Waals surface area contributed by atoms with E-state index >= 15 is 0 Å². The summed E-state index contributed by atoms with van der Waals surface area (Å²) in [6.07, 6.45) is 5.30. The van der Waals surface area contributed by atoms with Crippen molar-refractivity contribution in [1.29, 1.82) is 0 Å². The predicted molar refractivity (Wildman–Crippen MR) is 84.9 cm³/mol. The molecule has 104 valence electrons. The van der Waals surface area contributed by atoms with Crippen LogP contribution in [0.15, 0.2) is 49.6 Å². The third kappa shape index (κ3) is 2.42. The summed E-state index contributed by atoms with van der Waals surface area (Å²) in [6.45, 7) is 7.65. The molecule has 0 atom stereocenters. The molecule has 2 aromatic carbocycles. The van der Waals surface area contributed by atoms with Crippen LogP contribution in [-0.4, -0.2) is 14.2 Å². The molecule has 0 spiro atoms. The highest BCUT2D eigenvalue weighted by molar-refractivity contribution is 5.94. The van der Waals surface area contributed by atoms with Gasteiger partial charge in [0.1, 0.15) is 11.5 Å². The topological polar surface area (TPSA) is 18.5 Å². The first-order valence-electron chi connectivity index (χ1n) is 6.64. The number of rotatable bonds is 6. The number of methoxy groups -OCH3 is 2. The molecule has 0 saturated heterocycles. The second-order valence-corrected chi connectivity index (χ2v) is 4.59. The van der Waals surface area contributed by atoms with Crippen LogP contribution >= 0.6 is 0 Å². The van der Waals surface area contributed by atoms with Crippen molar-refractivity contribution in [2.24, 2.45) is 0 Å². The molecule has 2 rings (SSSR count). The summed E-state index contributed by atoms with van der Waals surface area (Å²) in [5.74, 6) is 1.77. The van der Waals surface area contributed by atoms with Crippen LogP contribution in [0.25, 0.3) is 10.8 Å². The fourth-order valence-electron chi connectivity index (χ4n) is 2.57. The van der Waals surface area contributed by atoms with Crippen molar-refractivity contribution in [3.63, 3.8) is 0 Å². The fourth-order valence-corrected chi connectivity index (χ4v) is 2.57. The maximum atomic E-state index is 5.66. The van der Waals surface area contributed by atoms with Crippen LogP contribution in [0.2, 0.25) is 0 Å². The van der Waals surface area contributed by atoms with Gasteiger partial charge >= 0.3 is 0 Å². The molecule has 0 unspecified atom stereocenters. The van der Waals surface area contributed by atoms with E-state index in [-0.39, 0.29) is 0 Å². The monoisotopic (exact) mass is 268 g/mol. The second-order valence-electron chi connectivity index (χ2n) is 4.59. The Balaban J connectivity index is 2.83. The zero-order valence-electron chi connectivity index (χ0n) is 12.1. The molecule has 2 nitrogen and oxygen atoms in total. The van der Waals surface area contributed by atoms with Crippen molar-refractivity contribution in [1.82, 2.24) is 0 Å². The average Bonchev–Trinajstić information content (AvgIpc) is 2.48. The molecule has 2 aromatic rings. The fraction of sp³-hybridized carbons (Fsp3) is 0.222. The molecule has 0 fully saturated rings. The van der Waals surface area contributed by atoms with Gasteiger partial charge in [0.05, 0.1) is 14.2 Å². The lowest BCUT2D eigenvalue weighted by molar-refractivity contribution is 0.407. The number of allylic oxidation sites excluding steroid dienone is 2. The van der Waals surface area contributed by atoms with Crippen molar-refractivity contribution in [3.8, 4) is 11.5 Å². The Kier molecular flexibility index (Phi) is 4.46. The highest BCUT2D eigenvalue weighted by Crippen LogP contribution is 2.37. The first kappa shape index (κ1) is 14.2. The minimum absolute atomic E-state index is 0.744. The highest BCUT2D eigenvalue weighted by atomic mass is 16.5. The van der Waals surface area contributed by atoms with E-state index in [9.17, 15) is 0 Å². The van der Waals surface area contributed by atoms with Crippen LogP contribution in [0, 0.1) is 0 Å². The molecule has 0 aliphatic heterocycles. The minimum Gasteiger partial charge on any atom is -0.496 e. The van der Waals surface area contributed by atoms with Crippen LogP contribution in [0.1, 0.15) is 11.1 Å². The Hall–Kier alpha value is -2.22. The molecular weight excluding hydrogens is 248 g/mol. The average molecular weight is 268 g/mol. The molecule has 0 radical (unpaired) electrons. The van der Waals surface area contributed by atoms with E-state index < -0.39 is 0 Å². The van der Waals surface area contributed by atoms with E-state index in [0.29, 0.717) is 0 Å². The first-order valence-corrected chi connectivity index (χ1v) is 6.64. The van der Waals surface area contributed by atoms with Gasteiger partial charge in [-0.2, -0.15) is 0 Å². The summed E-state index contributed by atoms with van der Waals surface area (Å²) in [5, 5.41) is 2.25. The minimum atomic E-state index is 0.744. The quantitative estimate of drug-likeness (QED) is 0.727. The smallest absolute Gasteiger partial charge is 0.130 e. The Morgan fingerprint density at radius 1 is 0.950 bits per heavy atom. The summed E-state index contributed by atoms with van der Waals surface area (Å²) in [4.78, 5) is 0. The van der Waals surface area contributed by atoms with Gasteiger partial charge in [-0.05, 0) is 29.9 Å². The largest absolute Gasteiger partial charge is 0.496 e. The van der Waals surface area contributed by atoms with E-state index in [1.54, 1.807) is 14.2 Å². The van der Waals surface area contributed by atoms with E-state index in [0.717, 1.165) is 46.2 Å². The molecule has 0 aliphatic carbocycles. The first-order chi connectivity index (χ1) is 9.76. The molecular formula is C18H20O2. The molecule has 0 saturated carbocycles. The van der Waals surface area contributed by atoms with Gasteiger partial charge in [-0.15, -0.1) is 13.2 Å². The SMILES string of the molecule is C=CCc1ccc2ccc(OC)c(CC=C)c2c1OC. The third-order valence-electron chi connectivity index (χ3n) is 3.42. The van der Waals surface area contributed by atoms with Gasteiger partial charge in [-0.1, -0.05) is 30.4 Å². The summed E-state index contributed by atoms with van der Waals surface area (Å²) >= 11 is 0. The van der Waals surface area contributed by atoms with Crippen LogP contribution in [-0.2, 0) is 12.8 Å². The molecule has 0 aliphatic rings.